The maximum atomic E-state index is 12.8. The fourth-order valence-corrected chi connectivity index (χ4v) is 7.21. The number of rotatable bonds is 47. The van der Waals surface area contributed by atoms with E-state index in [0.29, 0.717) is 12.8 Å². The molecule has 0 unspecified atom stereocenters. The molecule has 0 saturated carbocycles. The Morgan fingerprint density at radius 1 is 0.333 bits per heavy atom. The summed E-state index contributed by atoms with van der Waals surface area (Å²) in [4.78, 5) is 38.0. The maximum absolute atomic E-state index is 12.8. The van der Waals surface area contributed by atoms with Crippen LogP contribution in [0.2, 0.25) is 0 Å². The van der Waals surface area contributed by atoms with Gasteiger partial charge < -0.3 is 14.2 Å². The molecule has 0 aromatic carbocycles. The lowest BCUT2D eigenvalue weighted by Gasteiger charge is -2.18. The second-order valence-corrected chi connectivity index (χ2v) is 17.4. The number of unbranched alkanes of at least 4 members (excludes halogenated alkanes) is 24. The van der Waals surface area contributed by atoms with E-state index in [9.17, 15) is 14.4 Å². The van der Waals surface area contributed by atoms with E-state index < -0.39 is 6.10 Å². The van der Waals surface area contributed by atoms with Gasteiger partial charge in [0, 0.05) is 19.3 Å². The number of hydrogen-bond donors (Lipinski definition) is 0. The molecule has 0 saturated heterocycles. The zero-order valence-corrected chi connectivity index (χ0v) is 41.3. The highest BCUT2D eigenvalue weighted by Crippen LogP contribution is 2.15. The number of ether oxygens (including phenoxy) is 3. The summed E-state index contributed by atoms with van der Waals surface area (Å²) in [6, 6.07) is 0. The molecule has 0 aromatic rings. The molecule has 0 rings (SSSR count). The first kappa shape index (κ1) is 59.9. The predicted octanol–water partition coefficient (Wildman–Crippen LogP) is 17.4. The van der Waals surface area contributed by atoms with Crippen molar-refractivity contribution in [2.45, 2.75) is 258 Å². The van der Waals surface area contributed by atoms with Gasteiger partial charge in [0.1, 0.15) is 13.2 Å². The molecule has 362 valence electrons. The second kappa shape index (κ2) is 51.5. The van der Waals surface area contributed by atoms with E-state index in [0.717, 1.165) is 103 Å². The lowest BCUT2D eigenvalue weighted by molar-refractivity contribution is -0.167. The van der Waals surface area contributed by atoms with E-state index in [1.807, 2.05) is 0 Å². The maximum Gasteiger partial charge on any atom is 0.306 e. The Morgan fingerprint density at radius 3 is 1.05 bits per heavy atom. The van der Waals surface area contributed by atoms with Gasteiger partial charge in [0.15, 0.2) is 6.10 Å². The zero-order valence-electron chi connectivity index (χ0n) is 41.3. The van der Waals surface area contributed by atoms with Gasteiger partial charge in [-0.05, 0) is 83.5 Å². The van der Waals surface area contributed by atoms with Crippen molar-refractivity contribution in [3.8, 4) is 0 Å². The summed E-state index contributed by atoms with van der Waals surface area (Å²) in [6.07, 6.45) is 64.6. The van der Waals surface area contributed by atoms with Crippen LogP contribution in [0.15, 0.2) is 72.9 Å². The Hall–Kier alpha value is -3.15. The van der Waals surface area contributed by atoms with E-state index in [2.05, 4.69) is 93.7 Å². The highest BCUT2D eigenvalue weighted by atomic mass is 16.6. The van der Waals surface area contributed by atoms with E-state index in [1.165, 1.54) is 109 Å². The molecule has 0 heterocycles. The van der Waals surface area contributed by atoms with Gasteiger partial charge in [0.25, 0.3) is 0 Å². The van der Waals surface area contributed by atoms with E-state index in [1.54, 1.807) is 0 Å². The summed E-state index contributed by atoms with van der Waals surface area (Å²) >= 11 is 0. The first-order valence-electron chi connectivity index (χ1n) is 26.4. The van der Waals surface area contributed by atoms with Crippen LogP contribution in [0.3, 0.4) is 0 Å². The highest BCUT2D eigenvalue weighted by Gasteiger charge is 2.19. The fraction of sp³-hybridized carbons (Fsp3) is 0.737. The normalized spacial score (nSPS) is 12.6. The van der Waals surface area contributed by atoms with E-state index >= 15 is 0 Å². The molecule has 63 heavy (non-hydrogen) atoms. The quantitative estimate of drug-likeness (QED) is 0.0262. The third-order valence-corrected chi connectivity index (χ3v) is 11.2. The average molecular weight is 879 g/mol. The van der Waals surface area contributed by atoms with Crippen LogP contribution >= 0.6 is 0 Å². The van der Waals surface area contributed by atoms with Gasteiger partial charge in [-0.2, -0.15) is 0 Å². The van der Waals surface area contributed by atoms with Crippen LogP contribution in [0, 0.1) is 0 Å². The van der Waals surface area contributed by atoms with Gasteiger partial charge in [-0.15, -0.1) is 0 Å². The molecule has 1 atom stereocenters. The summed E-state index contributed by atoms with van der Waals surface area (Å²) in [5.74, 6) is -0.928. The molecule has 6 heteroatoms. The predicted molar refractivity (Wildman–Crippen MR) is 270 cm³/mol. The minimum absolute atomic E-state index is 0.0897. The molecule has 6 nitrogen and oxygen atoms in total. The summed E-state index contributed by atoms with van der Waals surface area (Å²) in [6.45, 7) is 6.46. The van der Waals surface area contributed by atoms with Gasteiger partial charge in [-0.3, -0.25) is 14.4 Å². The largest absolute Gasteiger partial charge is 0.462 e. The minimum atomic E-state index is -0.793. The van der Waals surface area contributed by atoms with Crippen LogP contribution in [0.25, 0.3) is 0 Å². The lowest BCUT2D eigenvalue weighted by atomic mass is 10.0. The van der Waals surface area contributed by atoms with Crippen LogP contribution in [-0.2, 0) is 28.6 Å². The summed E-state index contributed by atoms with van der Waals surface area (Å²) in [7, 11) is 0. The Kier molecular flexibility index (Phi) is 48.9. The molecule has 0 aliphatic carbocycles. The number of allylic oxidation sites excluding steroid dienone is 12. The van der Waals surface area contributed by atoms with Crippen LogP contribution in [-0.4, -0.2) is 37.2 Å². The molecule has 0 aliphatic rings. The van der Waals surface area contributed by atoms with Crippen molar-refractivity contribution in [1.82, 2.24) is 0 Å². The molecule has 0 spiro atoms. The zero-order chi connectivity index (χ0) is 45.8. The van der Waals surface area contributed by atoms with Crippen molar-refractivity contribution in [2.75, 3.05) is 13.2 Å². The number of carbonyl (C=O) groups is 3. The molecule has 0 radical (unpaired) electrons. The monoisotopic (exact) mass is 879 g/mol. The number of hydrogen-bond acceptors (Lipinski definition) is 6. The summed E-state index contributed by atoms with van der Waals surface area (Å²) in [5, 5.41) is 0. The van der Waals surface area contributed by atoms with Crippen molar-refractivity contribution in [3.05, 3.63) is 72.9 Å². The molecule has 0 aromatic heterocycles. The highest BCUT2D eigenvalue weighted by molar-refractivity contribution is 5.71. The molecular weight excluding hydrogens is 781 g/mol. The van der Waals surface area contributed by atoms with Crippen molar-refractivity contribution < 1.29 is 28.6 Å². The van der Waals surface area contributed by atoms with Crippen molar-refractivity contribution in [2.24, 2.45) is 0 Å². The number of carbonyl (C=O) groups excluding carboxylic acids is 3. The molecule has 0 fully saturated rings. The molecular formula is C57H98O6. The Balaban J connectivity index is 4.43. The van der Waals surface area contributed by atoms with Crippen LogP contribution < -0.4 is 0 Å². The van der Waals surface area contributed by atoms with E-state index in [4.69, 9.17) is 14.2 Å². The third-order valence-electron chi connectivity index (χ3n) is 11.2. The molecule has 0 amide bonds. The summed E-state index contributed by atoms with van der Waals surface area (Å²) < 4.78 is 16.8. The van der Waals surface area contributed by atoms with Gasteiger partial charge in [-0.1, -0.05) is 222 Å². The van der Waals surface area contributed by atoms with Gasteiger partial charge in [0.05, 0.1) is 0 Å². The van der Waals surface area contributed by atoms with Crippen LogP contribution in [0.4, 0.5) is 0 Å². The topological polar surface area (TPSA) is 78.9 Å². The van der Waals surface area contributed by atoms with Crippen LogP contribution in [0.5, 0.6) is 0 Å². The molecule has 0 bridgehead atoms. The molecule has 0 N–H and O–H groups in total. The van der Waals surface area contributed by atoms with Crippen molar-refractivity contribution in [3.63, 3.8) is 0 Å². The third kappa shape index (κ3) is 49.7. The Labute approximate surface area is 389 Å². The van der Waals surface area contributed by atoms with Gasteiger partial charge in [-0.25, -0.2) is 0 Å². The van der Waals surface area contributed by atoms with Gasteiger partial charge in [0.2, 0.25) is 0 Å². The Bertz CT molecular complexity index is 1190. The smallest absolute Gasteiger partial charge is 0.306 e. The SMILES string of the molecule is CC/C=C\C/C=C\C/C=C\C/C=C\C/C=C\CCCCCC(=O)O[C@H](COC(=O)CCCCCCC/C=C\CCCC)COC(=O)CCCCCCCCCCCCCCCCC. The van der Waals surface area contributed by atoms with Crippen molar-refractivity contribution >= 4 is 17.9 Å². The fourth-order valence-electron chi connectivity index (χ4n) is 7.21. The average Bonchev–Trinajstić information content (AvgIpc) is 3.28. The molecule has 0 aliphatic heterocycles. The number of esters is 3. The van der Waals surface area contributed by atoms with Gasteiger partial charge >= 0.3 is 17.9 Å². The second-order valence-electron chi connectivity index (χ2n) is 17.4. The first-order valence-corrected chi connectivity index (χ1v) is 26.4. The summed E-state index contributed by atoms with van der Waals surface area (Å²) in [5.41, 5.74) is 0. The van der Waals surface area contributed by atoms with E-state index in [-0.39, 0.29) is 37.5 Å². The first-order chi connectivity index (χ1) is 31.0. The van der Waals surface area contributed by atoms with Crippen LogP contribution in [0.1, 0.15) is 252 Å². The lowest BCUT2D eigenvalue weighted by Crippen LogP contribution is -2.30. The standard InChI is InChI=1S/C57H98O6/c1-4-7-10-13-16-19-22-24-26-27-28-29-31-33-36-39-42-45-48-51-57(60)63-54(52-61-55(58)49-46-43-40-37-34-21-18-15-12-9-6-3)53-62-56(59)50-47-44-41-38-35-32-30-25-23-20-17-14-11-8-5-2/h7,10,15-16,18-19,24,26,28-29,33,36,54H,4-6,8-9,11-14,17,20-23,25,27,30-32,34-35,37-53H2,1-3H3/b10-7-,18-15-,19-16-,26-24-,29-28-,36-33-/t54-/m1/s1. The Morgan fingerprint density at radius 2 is 0.635 bits per heavy atom. The van der Waals surface area contributed by atoms with Crippen molar-refractivity contribution in [1.29, 1.82) is 0 Å². The minimum Gasteiger partial charge on any atom is -0.462 e.